The van der Waals surface area contributed by atoms with Gasteiger partial charge in [0.1, 0.15) is 67.0 Å². The highest BCUT2D eigenvalue weighted by Crippen LogP contribution is 2.27. The van der Waals surface area contributed by atoms with Crippen molar-refractivity contribution in [2.45, 2.75) is 154 Å². The predicted octanol–water partition coefficient (Wildman–Crippen LogP) is -2.58. The number of phenols is 1. The van der Waals surface area contributed by atoms with E-state index < -0.39 is 131 Å². The first kappa shape index (κ1) is 60.1. The third-order valence-corrected chi connectivity index (χ3v) is 12.3. The number of ether oxygens (including phenoxy) is 1. The van der Waals surface area contributed by atoms with Crippen molar-refractivity contribution in [2.75, 3.05) is 20.2 Å². The number of nitrogens with two attached hydrogens (primary N) is 2. The minimum atomic E-state index is -5.08. The van der Waals surface area contributed by atoms with Crippen LogP contribution in [-0.2, 0) is 64.1 Å². The Morgan fingerprint density at radius 1 is 0.903 bits per heavy atom. The van der Waals surface area contributed by atoms with Crippen LogP contribution in [-0.4, -0.2) is 172 Å². The van der Waals surface area contributed by atoms with Crippen molar-refractivity contribution in [1.29, 1.82) is 0 Å². The van der Waals surface area contributed by atoms with Crippen molar-refractivity contribution in [3.05, 3.63) is 29.8 Å². The molecule has 1 aromatic rings. The molecule has 27 heteroatoms. The average Bonchev–Trinajstić information content (AvgIpc) is 3.28. The van der Waals surface area contributed by atoms with Gasteiger partial charge in [0.25, 0.3) is 5.91 Å². The first-order chi connectivity index (χ1) is 33.5. The van der Waals surface area contributed by atoms with Gasteiger partial charge in [0, 0.05) is 20.0 Å². The summed E-state index contributed by atoms with van der Waals surface area (Å²) in [5.74, 6) is -9.72. The third kappa shape index (κ3) is 18.2. The van der Waals surface area contributed by atoms with Crippen LogP contribution in [0.25, 0.3) is 0 Å². The minimum absolute atomic E-state index is 0.000346. The zero-order chi connectivity index (χ0) is 54.4. The number of phenolic OH excluding ortho intramolecular Hbond substituents is 1. The predicted molar refractivity (Wildman–Crippen MR) is 257 cm³/mol. The Balaban J connectivity index is 2.24. The number of nitrogens with zero attached hydrogens (tertiary/aromatic N) is 3. The molecule has 404 valence electrons. The van der Waals surface area contributed by atoms with Gasteiger partial charge < -0.3 is 67.9 Å². The van der Waals surface area contributed by atoms with Gasteiger partial charge in [0.05, 0.1) is 0 Å². The molecule has 2 aliphatic heterocycles. The van der Waals surface area contributed by atoms with Crippen molar-refractivity contribution in [1.82, 2.24) is 36.4 Å². The number of hydrogen-bond acceptors (Lipinski definition) is 16. The molecule has 2 aliphatic rings. The van der Waals surface area contributed by atoms with E-state index in [4.69, 9.17) is 20.8 Å². The number of likely N-dealkylation sites (N-methyl/N-ethyl adjacent to an activating group) is 1. The molecule has 0 aliphatic carbocycles. The summed E-state index contributed by atoms with van der Waals surface area (Å²) in [4.78, 5) is 120. The minimum Gasteiger partial charge on any atom is -0.508 e. The fraction of sp³-hybridized carbons (Fsp3) is 0.667. The van der Waals surface area contributed by atoms with Gasteiger partial charge in [-0.05, 0) is 80.9 Å². The second-order valence-electron chi connectivity index (χ2n) is 19.1. The normalized spacial score (nSPS) is 25.0. The molecule has 0 spiro atoms. The summed E-state index contributed by atoms with van der Waals surface area (Å²) in [6.45, 7) is 10.00. The van der Waals surface area contributed by atoms with Crippen LogP contribution in [0.15, 0.2) is 29.3 Å². The Labute approximate surface area is 418 Å². The largest absolute Gasteiger partial charge is 0.508 e. The van der Waals surface area contributed by atoms with E-state index in [0.717, 1.165) is 9.80 Å². The number of aliphatic imine (C=N–C) groups is 1. The molecular formula is C45H72N10O16S. The summed E-state index contributed by atoms with van der Waals surface area (Å²) >= 11 is 0. The molecule has 72 heavy (non-hydrogen) atoms. The number of aliphatic hydroxyl groups is 2. The van der Waals surface area contributed by atoms with Gasteiger partial charge in [-0.25, -0.2) is 8.98 Å². The first-order valence-electron chi connectivity index (χ1n) is 23.6. The van der Waals surface area contributed by atoms with E-state index in [1.54, 1.807) is 41.5 Å². The lowest BCUT2D eigenvalue weighted by molar-refractivity contribution is -0.166. The maximum Gasteiger partial charge on any atom is 0.397 e. The monoisotopic (exact) mass is 1040 g/mol. The van der Waals surface area contributed by atoms with Crippen LogP contribution < -0.4 is 38.1 Å². The molecule has 2 bridgehead atoms. The maximum atomic E-state index is 14.8. The molecule has 10 atom stereocenters. The Morgan fingerprint density at radius 3 is 2.11 bits per heavy atom. The molecule has 3 rings (SSSR count). The molecule has 0 radical (unpaired) electrons. The van der Waals surface area contributed by atoms with Crippen LogP contribution in [0, 0.1) is 17.8 Å². The molecule has 0 aromatic heterocycles. The first-order valence-corrected chi connectivity index (χ1v) is 25.0. The van der Waals surface area contributed by atoms with Crippen LogP contribution in [0.2, 0.25) is 0 Å². The number of nitrogens with one attached hydrogen (secondary N) is 5. The number of aliphatic hydroxyl groups excluding tert-OH is 2. The summed E-state index contributed by atoms with van der Waals surface area (Å²) in [5, 5.41) is 44.2. The number of hydrogen-bond donors (Lipinski definition) is 11. The molecular weight excluding hydrogens is 969 g/mol. The molecule has 2 saturated heterocycles. The number of benzene rings is 1. The van der Waals surface area contributed by atoms with E-state index >= 15 is 0 Å². The van der Waals surface area contributed by atoms with Gasteiger partial charge in [-0.1, -0.05) is 53.7 Å². The van der Waals surface area contributed by atoms with Gasteiger partial charge in [-0.15, -0.1) is 0 Å². The van der Waals surface area contributed by atoms with Crippen LogP contribution in [0.4, 0.5) is 0 Å². The number of amides is 7. The summed E-state index contributed by atoms with van der Waals surface area (Å²) in [6.07, 6.45) is -6.03. The van der Waals surface area contributed by atoms with Crippen LogP contribution in [0.5, 0.6) is 5.75 Å². The quantitative estimate of drug-likeness (QED) is 0.0236. The van der Waals surface area contributed by atoms with Crippen molar-refractivity contribution < 1.29 is 75.6 Å². The number of carbonyl (C=O) groups excluding carboxylic acids is 8. The van der Waals surface area contributed by atoms with E-state index in [2.05, 4.69) is 35.8 Å². The SMILES string of the molecule is CC(C)CC1C(=O)N(C)[C@@H](Cc2ccc(O)cc2)C(=O)N[C@@H](C(C)C)C(=O)O[C@H](C)[C@H](NC(=O)[C@@H](CC(C)C)NC(=O)[C@H](O)COS(=O)(=O)O)C(=O)NC(CCCN=C(N)N)C(=O)NC2CC[C@@H](O)N1C2=O. The molecule has 1 aromatic carbocycles. The number of carbonyl (C=O) groups is 8. The molecule has 3 unspecified atom stereocenters. The lowest BCUT2D eigenvalue weighted by atomic mass is 9.94. The van der Waals surface area contributed by atoms with Crippen LogP contribution in [0.1, 0.15) is 92.6 Å². The van der Waals surface area contributed by atoms with Crippen molar-refractivity contribution in [3.63, 3.8) is 0 Å². The van der Waals surface area contributed by atoms with Gasteiger partial charge in [0.2, 0.25) is 35.4 Å². The van der Waals surface area contributed by atoms with Crippen molar-refractivity contribution >= 4 is 63.7 Å². The highest BCUT2D eigenvalue weighted by Gasteiger charge is 2.46. The topological polar surface area (TPSA) is 401 Å². The average molecular weight is 1040 g/mol. The number of piperidine rings is 1. The van der Waals surface area contributed by atoms with E-state index in [1.807, 2.05) is 0 Å². The van der Waals surface area contributed by atoms with Crippen molar-refractivity contribution in [2.24, 2.45) is 34.2 Å². The number of rotatable bonds is 18. The fourth-order valence-electron chi connectivity index (χ4n) is 8.05. The zero-order valence-corrected chi connectivity index (χ0v) is 42.6. The van der Waals surface area contributed by atoms with Crippen molar-refractivity contribution in [3.8, 4) is 5.75 Å². The standard InChI is InChI=1S/C45H72N10O16S/c1-22(2)18-30(51-40(62)33(57)21-70-72(67,68)69)38(60)53-36-25(7)71-44(66)35(24(5)6)52-39(61)31(20-26-11-13-27(56)14-12-26)54(8)43(65)32(19-23(3)4)55-34(58)16-15-29(42(55)64)50-37(59)28(49-41(36)63)10-9-17-48-45(46)47/h11-14,22-25,28-36,56-58H,9-10,15-21H2,1-8H3,(H,49,63)(H,50,59)(H,51,62)(H,52,61)(H,53,60)(H4,46,47,48)(H,67,68,69)/t25-,28?,29?,30-,31+,32?,33-,34-,35+,36+/m1/s1. The molecule has 0 saturated carbocycles. The maximum absolute atomic E-state index is 14.8. The molecule has 13 N–H and O–H groups in total. The number of esters is 1. The Kier molecular flexibility index (Phi) is 22.6. The summed E-state index contributed by atoms with van der Waals surface area (Å²) in [5.41, 5.74) is 11.5. The van der Waals surface area contributed by atoms with Gasteiger partial charge >= 0.3 is 16.4 Å². The van der Waals surface area contributed by atoms with Crippen LogP contribution in [0.3, 0.4) is 0 Å². The fourth-order valence-corrected chi connectivity index (χ4v) is 8.36. The Morgan fingerprint density at radius 2 is 1.54 bits per heavy atom. The molecule has 2 heterocycles. The second kappa shape index (κ2) is 27.0. The van der Waals surface area contributed by atoms with E-state index in [-0.39, 0.29) is 75.0 Å². The van der Waals surface area contributed by atoms with E-state index in [1.165, 1.54) is 38.2 Å². The molecule has 26 nitrogen and oxygen atoms in total. The van der Waals surface area contributed by atoms with Gasteiger partial charge in [-0.2, -0.15) is 8.42 Å². The Hall–Kier alpha value is -6.16. The number of cyclic esters (lactones) is 1. The highest BCUT2D eigenvalue weighted by atomic mass is 32.3. The second-order valence-corrected chi connectivity index (χ2v) is 20.2. The summed E-state index contributed by atoms with van der Waals surface area (Å²) in [6, 6.07) is -4.81. The van der Waals surface area contributed by atoms with E-state index in [0.29, 0.717) is 5.56 Å². The summed E-state index contributed by atoms with van der Waals surface area (Å²) < 4.78 is 41.0. The van der Waals surface area contributed by atoms with Gasteiger partial charge in [-0.3, -0.25) is 43.1 Å². The number of fused-ring (bicyclic) bond motifs is 2. The third-order valence-electron chi connectivity index (χ3n) is 11.9. The molecule has 2 fully saturated rings. The summed E-state index contributed by atoms with van der Waals surface area (Å²) in [7, 11) is -3.75. The lowest BCUT2D eigenvalue weighted by Crippen LogP contribution is -2.65. The Bertz CT molecular complexity index is 2230. The van der Waals surface area contributed by atoms with E-state index in [9.17, 15) is 62.1 Å². The van der Waals surface area contributed by atoms with Gasteiger partial charge in [0.15, 0.2) is 12.1 Å². The number of aromatic hydroxyl groups is 1. The molecule has 7 amide bonds. The zero-order valence-electron chi connectivity index (χ0n) is 41.8. The number of guanidine groups is 1. The van der Waals surface area contributed by atoms with Crippen LogP contribution >= 0.6 is 0 Å². The smallest absolute Gasteiger partial charge is 0.397 e. The lowest BCUT2D eigenvalue weighted by Gasteiger charge is -2.43. The highest BCUT2D eigenvalue weighted by molar-refractivity contribution is 7.80.